The van der Waals surface area contributed by atoms with Crippen LogP contribution in [0.4, 0.5) is 0 Å². The normalized spacial score (nSPS) is 20.1. The van der Waals surface area contributed by atoms with Gasteiger partial charge in [-0.2, -0.15) is 0 Å². The number of para-hydroxylation sites is 1. The highest BCUT2D eigenvalue weighted by molar-refractivity contribution is 7.91. The Bertz CT molecular complexity index is 814. The van der Waals surface area contributed by atoms with E-state index in [1.807, 2.05) is 6.92 Å². The van der Waals surface area contributed by atoms with Gasteiger partial charge >= 0.3 is 0 Å². The highest BCUT2D eigenvalue weighted by Crippen LogP contribution is 2.22. The third-order valence-corrected chi connectivity index (χ3v) is 5.73. The van der Waals surface area contributed by atoms with Crippen molar-refractivity contribution < 1.29 is 13.2 Å². The molecule has 1 fully saturated rings. The predicted octanol–water partition coefficient (Wildman–Crippen LogP) is 1.28. The molecule has 116 valence electrons. The summed E-state index contributed by atoms with van der Waals surface area (Å²) in [4.78, 5) is 22.9. The number of aromatic nitrogens is 2. The van der Waals surface area contributed by atoms with Crippen molar-refractivity contribution >= 4 is 26.8 Å². The summed E-state index contributed by atoms with van der Waals surface area (Å²) in [5, 5.41) is 0. The number of sulfone groups is 1. The Labute approximate surface area is 129 Å². The lowest BCUT2D eigenvalue weighted by Crippen LogP contribution is -2.41. The third kappa shape index (κ3) is 2.68. The molecule has 0 aliphatic carbocycles. The molecule has 0 radical (unpaired) electrons. The fourth-order valence-electron chi connectivity index (χ4n) is 2.91. The van der Waals surface area contributed by atoms with Crippen molar-refractivity contribution in [2.75, 3.05) is 18.1 Å². The molecule has 1 atom stereocenters. The van der Waals surface area contributed by atoms with Crippen molar-refractivity contribution in [1.29, 1.82) is 0 Å². The first-order chi connectivity index (χ1) is 10.5. The van der Waals surface area contributed by atoms with Crippen LogP contribution in [-0.4, -0.2) is 53.3 Å². The van der Waals surface area contributed by atoms with Crippen LogP contribution in [0.3, 0.4) is 0 Å². The fourth-order valence-corrected chi connectivity index (χ4v) is 4.64. The third-order valence-electron chi connectivity index (χ3n) is 3.98. The smallest absolute Gasteiger partial charge is 0.256 e. The predicted molar refractivity (Wildman–Crippen MR) is 83.3 cm³/mol. The molecule has 1 saturated heterocycles. The van der Waals surface area contributed by atoms with Crippen LogP contribution in [0.5, 0.6) is 0 Å². The summed E-state index contributed by atoms with van der Waals surface area (Å²) >= 11 is 0. The lowest BCUT2D eigenvalue weighted by atomic mass is 10.1. The second-order valence-electron chi connectivity index (χ2n) is 5.38. The van der Waals surface area contributed by atoms with E-state index in [4.69, 9.17) is 0 Å². The van der Waals surface area contributed by atoms with Gasteiger partial charge in [0, 0.05) is 25.0 Å². The summed E-state index contributed by atoms with van der Waals surface area (Å²) in [5.74, 6) is 0.00972. The van der Waals surface area contributed by atoms with E-state index >= 15 is 0 Å². The molecule has 1 aromatic carbocycles. The molecule has 2 heterocycles. The van der Waals surface area contributed by atoms with E-state index in [9.17, 15) is 13.2 Å². The number of nitrogens with zero attached hydrogens (tertiary/aromatic N) is 3. The molecule has 0 saturated carbocycles. The van der Waals surface area contributed by atoms with Crippen LogP contribution in [0.15, 0.2) is 30.6 Å². The molecular formula is C15H17N3O3S. The quantitative estimate of drug-likeness (QED) is 0.851. The first kappa shape index (κ1) is 14.9. The molecule has 0 spiro atoms. The zero-order valence-corrected chi connectivity index (χ0v) is 13.1. The molecule has 0 N–H and O–H groups in total. The highest BCUT2D eigenvalue weighted by Gasteiger charge is 2.34. The number of benzene rings is 1. The van der Waals surface area contributed by atoms with Crippen molar-refractivity contribution in [1.82, 2.24) is 14.9 Å². The van der Waals surface area contributed by atoms with E-state index in [1.54, 1.807) is 35.5 Å². The summed E-state index contributed by atoms with van der Waals surface area (Å²) in [6.07, 6.45) is 3.63. The number of fused-ring (bicyclic) bond motifs is 1. The molecule has 22 heavy (non-hydrogen) atoms. The number of amides is 1. The monoisotopic (exact) mass is 319 g/mol. The topological polar surface area (TPSA) is 80.2 Å². The summed E-state index contributed by atoms with van der Waals surface area (Å²) in [6, 6.07) is 5.03. The van der Waals surface area contributed by atoms with E-state index in [1.165, 1.54) is 0 Å². The lowest BCUT2D eigenvalue weighted by molar-refractivity contribution is 0.0710. The highest BCUT2D eigenvalue weighted by atomic mass is 32.2. The number of hydrogen-bond donors (Lipinski definition) is 0. The average molecular weight is 319 g/mol. The molecule has 1 aliphatic rings. The van der Waals surface area contributed by atoms with Gasteiger partial charge in [0.05, 0.1) is 22.6 Å². The molecule has 1 unspecified atom stereocenters. The first-order valence-electron chi connectivity index (χ1n) is 7.23. The van der Waals surface area contributed by atoms with Gasteiger partial charge in [-0.25, -0.2) is 8.42 Å². The Morgan fingerprint density at radius 1 is 1.32 bits per heavy atom. The van der Waals surface area contributed by atoms with E-state index < -0.39 is 9.84 Å². The van der Waals surface area contributed by atoms with Gasteiger partial charge in [-0.1, -0.05) is 6.07 Å². The maximum Gasteiger partial charge on any atom is 0.256 e. The van der Waals surface area contributed by atoms with Gasteiger partial charge in [0.25, 0.3) is 5.91 Å². The molecule has 0 bridgehead atoms. The average Bonchev–Trinajstić information content (AvgIpc) is 2.87. The fraction of sp³-hybridized carbons (Fsp3) is 0.400. The van der Waals surface area contributed by atoms with Gasteiger partial charge in [-0.05, 0) is 25.5 Å². The summed E-state index contributed by atoms with van der Waals surface area (Å²) in [5.41, 5.74) is 1.68. The summed E-state index contributed by atoms with van der Waals surface area (Å²) in [7, 11) is -3.03. The van der Waals surface area contributed by atoms with E-state index in [2.05, 4.69) is 9.97 Å². The largest absolute Gasteiger partial charge is 0.335 e. The minimum absolute atomic E-state index is 0.0447. The number of hydrogen-bond acceptors (Lipinski definition) is 5. The Balaban J connectivity index is 1.97. The van der Waals surface area contributed by atoms with Gasteiger partial charge in [0.15, 0.2) is 9.84 Å². The summed E-state index contributed by atoms with van der Waals surface area (Å²) < 4.78 is 23.3. The van der Waals surface area contributed by atoms with Crippen molar-refractivity contribution in [3.63, 3.8) is 0 Å². The van der Waals surface area contributed by atoms with Crippen LogP contribution in [0.25, 0.3) is 11.0 Å². The van der Waals surface area contributed by atoms with Crippen LogP contribution in [0, 0.1) is 0 Å². The minimum Gasteiger partial charge on any atom is -0.335 e. The standard InChI is InChI=1S/C15H17N3O3S/c1-2-18(11-6-9-22(20,21)10-11)15(19)12-4-3-5-13-14(12)17-8-7-16-13/h3-5,7-8,11H,2,6,9-10H2,1H3. The van der Waals surface area contributed by atoms with Crippen molar-refractivity contribution in [3.8, 4) is 0 Å². The zero-order valence-electron chi connectivity index (χ0n) is 12.3. The molecule has 3 rings (SSSR count). The molecule has 7 heteroatoms. The number of rotatable bonds is 3. The van der Waals surface area contributed by atoms with Crippen LogP contribution >= 0.6 is 0 Å². The Morgan fingerprint density at radius 2 is 2.09 bits per heavy atom. The SMILES string of the molecule is CCN(C(=O)c1cccc2nccnc12)C1CCS(=O)(=O)C1. The minimum atomic E-state index is -3.03. The molecule has 2 aromatic rings. The zero-order chi connectivity index (χ0) is 15.7. The van der Waals surface area contributed by atoms with E-state index in [-0.39, 0.29) is 23.5 Å². The molecular weight excluding hydrogens is 302 g/mol. The molecule has 1 aliphatic heterocycles. The van der Waals surface area contributed by atoms with Gasteiger partial charge in [0.1, 0.15) is 5.52 Å². The van der Waals surface area contributed by atoms with Crippen LogP contribution in [0.2, 0.25) is 0 Å². The Hall–Kier alpha value is -2.02. The molecule has 1 amide bonds. The van der Waals surface area contributed by atoms with Gasteiger partial charge in [0.2, 0.25) is 0 Å². The van der Waals surface area contributed by atoms with Crippen molar-refractivity contribution in [3.05, 3.63) is 36.2 Å². The number of carbonyl (C=O) groups is 1. The van der Waals surface area contributed by atoms with Crippen molar-refractivity contribution in [2.45, 2.75) is 19.4 Å². The molecule has 6 nitrogen and oxygen atoms in total. The van der Waals surface area contributed by atoms with Crippen molar-refractivity contribution in [2.24, 2.45) is 0 Å². The maximum absolute atomic E-state index is 12.9. The van der Waals surface area contributed by atoms with Gasteiger partial charge < -0.3 is 4.90 Å². The molecule has 1 aromatic heterocycles. The van der Waals surface area contributed by atoms with Gasteiger partial charge in [-0.3, -0.25) is 14.8 Å². The number of carbonyl (C=O) groups excluding carboxylic acids is 1. The van der Waals surface area contributed by atoms with Crippen LogP contribution in [0.1, 0.15) is 23.7 Å². The Morgan fingerprint density at radius 3 is 2.77 bits per heavy atom. The lowest BCUT2D eigenvalue weighted by Gasteiger charge is -2.27. The first-order valence-corrected chi connectivity index (χ1v) is 9.05. The summed E-state index contributed by atoms with van der Waals surface area (Å²) in [6.45, 7) is 2.33. The van der Waals surface area contributed by atoms with Crippen LogP contribution in [-0.2, 0) is 9.84 Å². The van der Waals surface area contributed by atoms with E-state index in [0.29, 0.717) is 29.6 Å². The van der Waals surface area contributed by atoms with Crippen LogP contribution < -0.4 is 0 Å². The Kier molecular flexibility index (Phi) is 3.82. The van der Waals surface area contributed by atoms with Gasteiger partial charge in [-0.15, -0.1) is 0 Å². The second-order valence-corrected chi connectivity index (χ2v) is 7.61. The second kappa shape index (κ2) is 5.64. The van der Waals surface area contributed by atoms with E-state index in [0.717, 1.165) is 0 Å². The maximum atomic E-state index is 12.9.